The molecule has 0 atom stereocenters. The van der Waals surface area contributed by atoms with Gasteiger partial charge in [-0.25, -0.2) is 0 Å². The van der Waals surface area contributed by atoms with Crippen LogP contribution >= 0.6 is 0 Å². The Morgan fingerprint density at radius 1 is 1.05 bits per heavy atom. The van der Waals surface area contributed by atoms with E-state index in [0.29, 0.717) is 12.1 Å². The first-order chi connectivity index (χ1) is 9.67. The molecule has 2 rings (SSSR count). The average Bonchev–Trinajstić information content (AvgIpc) is 2.46. The largest absolute Gasteiger partial charge is 0.435 e. The molecule has 20 heavy (non-hydrogen) atoms. The summed E-state index contributed by atoms with van der Waals surface area (Å²) in [6.45, 7) is -2.23. The number of nitriles is 1. The van der Waals surface area contributed by atoms with Gasteiger partial charge < -0.3 is 10.1 Å². The summed E-state index contributed by atoms with van der Waals surface area (Å²) in [6.07, 6.45) is 0. The van der Waals surface area contributed by atoms with Gasteiger partial charge in [0.25, 0.3) is 0 Å². The van der Waals surface area contributed by atoms with Gasteiger partial charge in [0.15, 0.2) is 0 Å². The van der Waals surface area contributed by atoms with Gasteiger partial charge in [-0.2, -0.15) is 14.0 Å². The molecule has 0 fully saturated rings. The Balaban J connectivity index is 1.91. The van der Waals surface area contributed by atoms with Gasteiger partial charge in [0.1, 0.15) is 5.75 Å². The molecular formula is C15H12F2N2O. The Kier molecular flexibility index (Phi) is 4.51. The summed E-state index contributed by atoms with van der Waals surface area (Å²) < 4.78 is 28.2. The first-order valence-electron chi connectivity index (χ1n) is 5.95. The van der Waals surface area contributed by atoms with E-state index in [4.69, 9.17) is 5.26 Å². The minimum Gasteiger partial charge on any atom is -0.435 e. The molecule has 1 N–H and O–H groups in total. The van der Waals surface area contributed by atoms with Gasteiger partial charge in [-0.3, -0.25) is 0 Å². The number of ether oxygens (including phenoxy) is 1. The summed E-state index contributed by atoms with van der Waals surface area (Å²) >= 11 is 0. The fraction of sp³-hybridized carbons (Fsp3) is 0.133. The van der Waals surface area contributed by atoms with E-state index in [-0.39, 0.29) is 5.75 Å². The van der Waals surface area contributed by atoms with Crippen molar-refractivity contribution in [3.63, 3.8) is 0 Å². The van der Waals surface area contributed by atoms with Crippen LogP contribution in [0.15, 0.2) is 48.5 Å². The molecule has 0 amide bonds. The van der Waals surface area contributed by atoms with Crippen LogP contribution in [0.2, 0.25) is 0 Å². The molecule has 0 aliphatic rings. The van der Waals surface area contributed by atoms with Crippen LogP contribution in [0.25, 0.3) is 0 Å². The lowest BCUT2D eigenvalue weighted by Crippen LogP contribution is -2.02. The number of nitrogens with one attached hydrogen (secondary N) is 1. The van der Waals surface area contributed by atoms with Crippen LogP contribution in [0.1, 0.15) is 11.1 Å². The molecule has 0 aromatic heterocycles. The summed E-state index contributed by atoms with van der Waals surface area (Å²) in [4.78, 5) is 0. The lowest BCUT2D eigenvalue weighted by molar-refractivity contribution is -0.0498. The van der Waals surface area contributed by atoms with Gasteiger partial charge in [-0.15, -0.1) is 0 Å². The highest BCUT2D eigenvalue weighted by Gasteiger charge is 2.03. The fourth-order valence-corrected chi connectivity index (χ4v) is 1.66. The van der Waals surface area contributed by atoms with Crippen LogP contribution in [0, 0.1) is 11.3 Å². The molecule has 102 valence electrons. The maximum atomic E-state index is 12.0. The van der Waals surface area contributed by atoms with E-state index < -0.39 is 6.61 Å². The number of benzene rings is 2. The predicted octanol–water partition coefficient (Wildman–Crippen LogP) is 3.77. The summed E-state index contributed by atoms with van der Waals surface area (Å²) in [6, 6.07) is 15.6. The van der Waals surface area contributed by atoms with Crippen LogP contribution in [0.5, 0.6) is 5.75 Å². The number of hydrogen-bond donors (Lipinski definition) is 1. The molecule has 0 saturated carbocycles. The van der Waals surface area contributed by atoms with Gasteiger partial charge in [0, 0.05) is 12.2 Å². The van der Waals surface area contributed by atoms with Crippen molar-refractivity contribution < 1.29 is 13.5 Å². The average molecular weight is 274 g/mol. The van der Waals surface area contributed by atoms with E-state index in [1.807, 2.05) is 12.1 Å². The lowest BCUT2D eigenvalue weighted by atomic mass is 10.1. The van der Waals surface area contributed by atoms with Crippen LogP contribution in [0.4, 0.5) is 14.5 Å². The zero-order valence-corrected chi connectivity index (χ0v) is 10.5. The Bertz CT molecular complexity index is 589. The van der Waals surface area contributed by atoms with Gasteiger partial charge in [0.2, 0.25) is 0 Å². The molecule has 5 heteroatoms. The van der Waals surface area contributed by atoms with Crippen LogP contribution in [-0.2, 0) is 6.54 Å². The van der Waals surface area contributed by atoms with Crippen LogP contribution in [-0.4, -0.2) is 6.61 Å². The number of hydrogen-bond acceptors (Lipinski definition) is 3. The van der Waals surface area contributed by atoms with E-state index in [0.717, 1.165) is 11.3 Å². The Hall–Kier alpha value is -2.61. The van der Waals surface area contributed by atoms with Crippen molar-refractivity contribution in [1.82, 2.24) is 0 Å². The third kappa shape index (κ3) is 3.95. The summed E-state index contributed by atoms with van der Waals surface area (Å²) in [5.41, 5.74) is 2.44. The van der Waals surface area contributed by atoms with Crippen LogP contribution in [0.3, 0.4) is 0 Å². The Morgan fingerprint density at radius 3 is 2.25 bits per heavy atom. The maximum Gasteiger partial charge on any atom is 0.387 e. The molecular weight excluding hydrogens is 262 g/mol. The Labute approximate surface area is 115 Å². The number of halogens is 2. The molecule has 2 aromatic rings. The number of alkyl halides is 2. The second-order valence-corrected chi connectivity index (χ2v) is 4.07. The Morgan fingerprint density at radius 2 is 1.70 bits per heavy atom. The zero-order chi connectivity index (χ0) is 14.4. The highest BCUT2D eigenvalue weighted by Crippen LogP contribution is 2.18. The van der Waals surface area contributed by atoms with Crippen molar-refractivity contribution in [2.24, 2.45) is 0 Å². The molecule has 0 unspecified atom stereocenters. The van der Waals surface area contributed by atoms with E-state index in [9.17, 15) is 8.78 Å². The quantitative estimate of drug-likeness (QED) is 0.902. The van der Waals surface area contributed by atoms with E-state index in [1.165, 1.54) is 12.1 Å². The van der Waals surface area contributed by atoms with Gasteiger partial charge in [-0.05, 0) is 42.0 Å². The topological polar surface area (TPSA) is 45.0 Å². The number of rotatable bonds is 5. The van der Waals surface area contributed by atoms with Crippen molar-refractivity contribution >= 4 is 5.69 Å². The fourth-order valence-electron chi connectivity index (χ4n) is 1.66. The molecule has 0 radical (unpaired) electrons. The summed E-state index contributed by atoms with van der Waals surface area (Å²) in [5, 5.41) is 11.8. The molecule has 0 heterocycles. The molecule has 0 saturated heterocycles. The minimum atomic E-state index is -2.81. The van der Waals surface area contributed by atoms with Crippen molar-refractivity contribution in [2.75, 3.05) is 5.32 Å². The monoisotopic (exact) mass is 274 g/mol. The predicted molar refractivity (Wildman–Crippen MR) is 71.6 cm³/mol. The molecule has 0 spiro atoms. The van der Waals surface area contributed by atoms with Gasteiger partial charge in [-0.1, -0.05) is 12.1 Å². The van der Waals surface area contributed by atoms with Crippen molar-refractivity contribution in [3.8, 4) is 11.8 Å². The van der Waals surface area contributed by atoms with Gasteiger partial charge in [0.05, 0.1) is 11.6 Å². The SMILES string of the molecule is N#Cc1ccc(CNc2ccc(OC(F)F)cc2)cc1. The smallest absolute Gasteiger partial charge is 0.387 e. The standard InChI is InChI=1S/C15H12F2N2O/c16-15(17)20-14-7-5-13(6-8-14)19-10-12-3-1-11(9-18)2-4-12/h1-8,15,19H,10H2. The highest BCUT2D eigenvalue weighted by atomic mass is 19.3. The van der Waals surface area contributed by atoms with Crippen molar-refractivity contribution in [3.05, 3.63) is 59.7 Å². The lowest BCUT2D eigenvalue weighted by Gasteiger charge is -2.08. The molecule has 3 nitrogen and oxygen atoms in total. The summed E-state index contributed by atoms with van der Waals surface area (Å²) in [5.74, 6) is 0.129. The zero-order valence-electron chi connectivity index (χ0n) is 10.5. The maximum absolute atomic E-state index is 12.0. The van der Waals surface area contributed by atoms with E-state index >= 15 is 0 Å². The van der Waals surface area contributed by atoms with Crippen molar-refractivity contribution in [1.29, 1.82) is 5.26 Å². The van der Waals surface area contributed by atoms with Crippen LogP contribution < -0.4 is 10.1 Å². The van der Waals surface area contributed by atoms with Crippen molar-refractivity contribution in [2.45, 2.75) is 13.2 Å². The van der Waals surface area contributed by atoms with E-state index in [1.54, 1.807) is 24.3 Å². The highest BCUT2D eigenvalue weighted by molar-refractivity contribution is 5.47. The van der Waals surface area contributed by atoms with E-state index in [2.05, 4.69) is 16.1 Å². The summed E-state index contributed by atoms with van der Waals surface area (Å²) in [7, 11) is 0. The normalized spacial score (nSPS) is 10.1. The first-order valence-corrected chi connectivity index (χ1v) is 5.95. The molecule has 0 aliphatic heterocycles. The second kappa shape index (κ2) is 6.53. The number of anilines is 1. The third-order valence-electron chi connectivity index (χ3n) is 2.66. The third-order valence-corrected chi connectivity index (χ3v) is 2.66. The molecule has 0 bridgehead atoms. The molecule has 0 aliphatic carbocycles. The van der Waals surface area contributed by atoms with Gasteiger partial charge >= 0.3 is 6.61 Å². The second-order valence-electron chi connectivity index (χ2n) is 4.07. The molecule has 2 aromatic carbocycles. The minimum absolute atomic E-state index is 0.129. The number of nitrogens with zero attached hydrogens (tertiary/aromatic N) is 1. The first kappa shape index (κ1) is 13.8.